The van der Waals surface area contributed by atoms with E-state index in [9.17, 15) is 9.90 Å². The van der Waals surface area contributed by atoms with Gasteiger partial charge in [0.2, 0.25) is 0 Å². The van der Waals surface area contributed by atoms with Crippen LogP contribution in [0.4, 0.5) is 0 Å². The summed E-state index contributed by atoms with van der Waals surface area (Å²) in [4.78, 5) is 12.4. The van der Waals surface area contributed by atoms with Gasteiger partial charge in [-0.15, -0.1) is 0 Å². The van der Waals surface area contributed by atoms with Gasteiger partial charge in [-0.1, -0.05) is 65.5 Å². The van der Waals surface area contributed by atoms with Crippen molar-refractivity contribution >= 4 is 5.97 Å². The van der Waals surface area contributed by atoms with Crippen molar-refractivity contribution < 1.29 is 19.4 Å². The summed E-state index contributed by atoms with van der Waals surface area (Å²) in [5, 5.41) is 10.2. The van der Waals surface area contributed by atoms with Crippen LogP contribution < -0.4 is 4.74 Å². The molecule has 0 aliphatic heterocycles. The molecule has 0 saturated carbocycles. The molecule has 30 heavy (non-hydrogen) atoms. The van der Waals surface area contributed by atoms with Gasteiger partial charge in [-0.25, -0.2) is 4.79 Å². The van der Waals surface area contributed by atoms with Gasteiger partial charge in [0.15, 0.2) is 6.10 Å². The maximum atomic E-state index is 12.4. The predicted molar refractivity (Wildman–Crippen MR) is 124 cm³/mol. The van der Waals surface area contributed by atoms with Gasteiger partial charge in [-0.3, -0.25) is 0 Å². The Labute approximate surface area is 183 Å². The van der Waals surface area contributed by atoms with E-state index in [0.29, 0.717) is 18.8 Å². The summed E-state index contributed by atoms with van der Waals surface area (Å²) < 4.78 is 11.2. The third-order valence-corrected chi connectivity index (χ3v) is 5.08. The fourth-order valence-corrected chi connectivity index (χ4v) is 3.32. The van der Waals surface area contributed by atoms with Crippen molar-refractivity contribution in [2.45, 2.75) is 104 Å². The molecule has 1 aromatic rings. The molecular weight excluding hydrogens is 376 g/mol. The smallest absolute Gasteiger partial charge is 0.347 e. The zero-order valence-corrected chi connectivity index (χ0v) is 19.7. The summed E-state index contributed by atoms with van der Waals surface area (Å²) in [5.74, 6) is 0.515. The molecule has 1 unspecified atom stereocenters. The molecule has 0 amide bonds. The molecule has 0 aliphatic carbocycles. The average Bonchev–Trinajstić information content (AvgIpc) is 2.69. The maximum Gasteiger partial charge on any atom is 0.347 e. The topological polar surface area (TPSA) is 55.8 Å². The number of hydrogen-bond acceptors (Lipinski definition) is 4. The van der Waals surface area contributed by atoms with Crippen LogP contribution in [-0.2, 0) is 14.9 Å². The van der Waals surface area contributed by atoms with Crippen molar-refractivity contribution in [3.05, 3.63) is 35.9 Å². The van der Waals surface area contributed by atoms with E-state index in [0.717, 1.165) is 31.2 Å². The molecule has 170 valence electrons. The lowest BCUT2D eigenvalue weighted by atomic mass is 9.86. The first kappa shape index (κ1) is 26.1. The molecule has 0 spiro atoms. The Morgan fingerprint density at radius 2 is 1.70 bits per heavy atom. The van der Waals surface area contributed by atoms with Crippen LogP contribution in [0.15, 0.2) is 30.4 Å². The van der Waals surface area contributed by atoms with Crippen LogP contribution in [0.5, 0.6) is 11.5 Å². The molecule has 0 aliphatic rings. The summed E-state index contributed by atoms with van der Waals surface area (Å²) in [6, 6.07) is 5.17. The van der Waals surface area contributed by atoms with Gasteiger partial charge >= 0.3 is 5.97 Å². The van der Waals surface area contributed by atoms with Crippen LogP contribution in [0.2, 0.25) is 0 Å². The number of phenolic OH excluding ortho intramolecular Hbond substituents is 1. The molecule has 4 heteroatoms. The third-order valence-electron chi connectivity index (χ3n) is 5.08. The second kappa shape index (κ2) is 14.1. The minimum absolute atomic E-state index is 0.214. The number of carbonyl (C=O) groups is 1. The van der Waals surface area contributed by atoms with E-state index in [1.807, 2.05) is 26.8 Å². The van der Waals surface area contributed by atoms with Crippen molar-refractivity contribution in [2.24, 2.45) is 0 Å². The van der Waals surface area contributed by atoms with Crippen molar-refractivity contribution in [3.63, 3.8) is 0 Å². The quantitative estimate of drug-likeness (QED) is 0.199. The molecule has 0 fully saturated rings. The molecule has 0 radical (unpaired) electrons. The minimum atomic E-state index is -0.615. The Hall–Kier alpha value is -1.97. The Bertz CT molecular complexity index is 643. The Kier molecular flexibility index (Phi) is 12.3. The zero-order chi connectivity index (χ0) is 22.4. The highest BCUT2D eigenvalue weighted by Crippen LogP contribution is 2.34. The SMILES string of the molecule is CCCC/C=C\CCCCCCC(Oc1ccc(O)c(C(C)(C)C)c1)C(=O)OCC. The van der Waals surface area contributed by atoms with Crippen LogP contribution in [0.25, 0.3) is 0 Å². The first-order valence-electron chi connectivity index (χ1n) is 11.6. The van der Waals surface area contributed by atoms with E-state index in [1.165, 1.54) is 25.7 Å². The van der Waals surface area contributed by atoms with Gasteiger partial charge in [0, 0.05) is 5.56 Å². The number of unbranched alkanes of at least 4 members (excludes halogenated alkanes) is 6. The van der Waals surface area contributed by atoms with E-state index >= 15 is 0 Å². The lowest BCUT2D eigenvalue weighted by molar-refractivity contribution is -0.151. The first-order valence-corrected chi connectivity index (χ1v) is 11.6. The van der Waals surface area contributed by atoms with E-state index < -0.39 is 6.10 Å². The average molecular weight is 419 g/mol. The van der Waals surface area contributed by atoms with E-state index in [-0.39, 0.29) is 17.1 Å². The molecule has 0 saturated heterocycles. The summed E-state index contributed by atoms with van der Waals surface area (Å²) >= 11 is 0. The van der Waals surface area contributed by atoms with Gasteiger partial charge in [0.05, 0.1) is 6.61 Å². The highest BCUT2D eigenvalue weighted by Gasteiger charge is 2.24. The first-order chi connectivity index (χ1) is 14.3. The van der Waals surface area contributed by atoms with Crippen molar-refractivity contribution in [2.75, 3.05) is 6.61 Å². The van der Waals surface area contributed by atoms with Gasteiger partial charge in [0.1, 0.15) is 11.5 Å². The zero-order valence-electron chi connectivity index (χ0n) is 19.7. The van der Waals surface area contributed by atoms with Crippen LogP contribution in [0.1, 0.15) is 98.0 Å². The van der Waals surface area contributed by atoms with Crippen LogP contribution in [0, 0.1) is 0 Å². The molecule has 1 aromatic carbocycles. The molecule has 4 nitrogen and oxygen atoms in total. The van der Waals surface area contributed by atoms with Crippen LogP contribution in [-0.4, -0.2) is 23.8 Å². The number of rotatable bonds is 14. The van der Waals surface area contributed by atoms with Gasteiger partial charge in [-0.05, 0) is 62.6 Å². The lowest BCUT2D eigenvalue weighted by Gasteiger charge is -2.23. The Morgan fingerprint density at radius 1 is 1.03 bits per heavy atom. The fraction of sp³-hybridized carbons (Fsp3) is 0.654. The Morgan fingerprint density at radius 3 is 2.33 bits per heavy atom. The number of phenols is 1. The number of allylic oxidation sites excluding steroid dienone is 2. The molecule has 0 bridgehead atoms. The standard InChI is InChI=1S/C26H42O4/c1-6-8-9-10-11-12-13-14-15-16-17-24(25(28)29-7-2)30-21-18-19-23(27)22(20-21)26(3,4)5/h10-11,18-20,24,27H,6-9,12-17H2,1-5H3/b11-10-. The van der Waals surface area contributed by atoms with Gasteiger partial charge in [-0.2, -0.15) is 0 Å². The number of esters is 1. The lowest BCUT2D eigenvalue weighted by Crippen LogP contribution is -2.29. The third kappa shape index (κ3) is 10.2. The normalized spacial score (nSPS) is 12.8. The molecule has 1 N–H and O–H groups in total. The number of hydrogen-bond donors (Lipinski definition) is 1. The van der Waals surface area contributed by atoms with Crippen LogP contribution in [0.3, 0.4) is 0 Å². The predicted octanol–water partition coefficient (Wildman–Crippen LogP) is 7.09. The minimum Gasteiger partial charge on any atom is -0.508 e. The van der Waals surface area contributed by atoms with Crippen molar-refractivity contribution in [1.29, 1.82) is 0 Å². The second-order valence-electron chi connectivity index (χ2n) is 8.89. The molecule has 1 rings (SSSR count). The van der Waals surface area contributed by atoms with E-state index in [1.54, 1.807) is 19.1 Å². The second-order valence-corrected chi connectivity index (χ2v) is 8.89. The molecular formula is C26H42O4. The summed E-state index contributed by atoms with van der Waals surface area (Å²) in [6.07, 6.45) is 13.8. The number of carbonyl (C=O) groups excluding carboxylic acids is 1. The van der Waals surface area contributed by atoms with Crippen molar-refractivity contribution in [1.82, 2.24) is 0 Å². The monoisotopic (exact) mass is 418 g/mol. The summed E-state index contributed by atoms with van der Waals surface area (Å²) in [7, 11) is 0. The molecule has 0 aromatic heterocycles. The van der Waals surface area contributed by atoms with Crippen LogP contribution >= 0.6 is 0 Å². The number of ether oxygens (including phenoxy) is 2. The highest BCUT2D eigenvalue weighted by molar-refractivity contribution is 5.75. The molecule has 0 heterocycles. The highest BCUT2D eigenvalue weighted by atomic mass is 16.6. The Balaban J connectivity index is 2.55. The van der Waals surface area contributed by atoms with Crippen molar-refractivity contribution in [3.8, 4) is 11.5 Å². The van der Waals surface area contributed by atoms with Gasteiger partial charge < -0.3 is 14.6 Å². The summed E-state index contributed by atoms with van der Waals surface area (Å²) in [5.41, 5.74) is 0.586. The molecule has 1 atom stereocenters. The van der Waals surface area contributed by atoms with E-state index in [4.69, 9.17) is 9.47 Å². The number of benzene rings is 1. The maximum absolute atomic E-state index is 12.4. The fourth-order valence-electron chi connectivity index (χ4n) is 3.32. The summed E-state index contributed by atoms with van der Waals surface area (Å²) in [6.45, 7) is 10.5. The van der Waals surface area contributed by atoms with Gasteiger partial charge in [0.25, 0.3) is 0 Å². The number of aromatic hydroxyl groups is 1. The largest absolute Gasteiger partial charge is 0.508 e. The van der Waals surface area contributed by atoms with E-state index in [2.05, 4.69) is 19.1 Å².